The van der Waals surface area contributed by atoms with Crippen molar-refractivity contribution < 1.29 is 18.3 Å². The third kappa shape index (κ3) is 5.85. The molecule has 120 valence electrons. The van der Waals surface area contributed by atoms with Crippen LogP contribution in [0.4, 0.5) is 14.5 Å². The minimum Gasteiger partial charge on any atom is -0.432 e. The number of hydrogen-bond acceptors (Lipinski definition) is 3. The van der Waals surface area contributed by atoms with Crippen molar-refractivity contribution >= 4 is 28.9 Å². The SMILES string of the molecule is COC(C)(C)CC(C)Nc1cc(Cl)c(OC(F)F)c(Cl)c1. The molecule has 0 fully saturated rings. The maximum absolute atomic E-state index is 12.2. The Morgan fingerprint density at radius 2 is 1.76 bits per heavy atom. The number of halogens is 4. The molecule has 0 spiro atoms. The largest absolute Gasteiger partial charge is 0.432 e. The second-order valence-electron chi connectivity index (χ2n) is 5.36. The first-order valence-corrected chi connectivity index (χ1v) is 7.16. The zero-order chi connectivity index (χ0) is 16.2. The smallest absolute Gasteiger partial charge is 0.387 e. The third-order valence-electron chi connectivity index (χ3n) is 2.97. The predicted molar refractivity (Wildman–Crippen MR) is 81.9 cm³/mol. The van der Waals surface area contributed by atoms with Gasteiger partial charge in [0.05, 0.1) is 15.6 Å². The van der Waals surface area contributed by atoms with Gasteiger partial charge in [0.1, 0.15) is 0 Å². The fourth-order valence-electron chi connectivity index (χ4n) is 2.00. The van der Waals surface area contributed by atoms with E-state index in [9.17, 15) is 8.78 Å². The third-order valence-corrected chi connectivity index (χ3v) is 3.53. The molecule has 1 aromatic rings. The molecule has 3 nitrogen and oxygen atoms in total. The molecule has 1 rings (SSSR count). The van der Waals surface area contributed by atoms with Gasteiger partial charge in [0.2, 0.25) is 0 Å². The van der Waals surface area contributed by atoms with Crippen LogP contribution in [0, 0.1) is 0 Å². The monoisotopic (exact) mass is 341 g/mol. The van der Waals surface area contributed by atoms with E-state index in [0.717, 1.165) is 6.42 Å². The molecule has 0 saturated heterocycles. The molecule has 21 heavy (non-hydrogen) atoms. The van der Waals surface area contributed by atoms with Crippen molar-refractivity contribution in [3.05, 3.63) is 22.2 Å². The maximum Gasteiger partial charge on any atom is 0.387 e. The summed E-state index contributed by atoms with van der Waals surface area (Å²) >= 11 is 11.8. The lowest BCUT2D eigenvalue weighted by Crippen LogP contribution is -2.31. The molecular weight excluding hydrogens is 323 g/mol. The van der Waals surface area contributed by atoms with Crippen LogP contribution in [0.25, 0.3) is 0 Å². The molecule has 0 aliphatic heterocycles. The number of ether oxygens (including phenoxy) is 2. The Morgan fingerprint density at radius 1 is 1.24 bits per heavy atom. The number of benzene rings is 1. The van der Waals surface area contributed by atoms with Crippen LogP contribution in [0.15, 0.2) is 12.1 Å². The van der Waals surface area contributed by atoms with Crippen LogP contribution in [0.1, 0.15) is 27.2 Å². The Labute approximate surface area is 133 Å². The van der Waals surface area contributed by atoms with Crippen molar-refractivity contribution in [2.45, 2.75) is 45.4 Å². The van der Waals surface area contributed by atoms with E-state index >= 15 is 0 Å². The molecule has 1 atom stereocenters. The maximum atomic E-state index is 12.2. The fraction of sp³-hybridized carbons (Fsp3) is 0.571. The second-order valence-corrected chi connectivity index (χ2v) is 6.18. The van der Waals surface area contributed by atoms with Crippen LogP contribution in [0.3, 0.4) is 0 Å². The standard InChI is InChI=1S/C14H19Cl2F2NO2/c1-8(7-14(2,3)20-4)19-9-5-10(15)12(11(16)6-9)21-13(17)18/h5-6,8,13,19H,7H2,1-4H3. The highest BCUT2D eigenvalue weighted by atomic mass is 35.5. The van der Waals surface area contributed by atoms with Gasteiger partial charge in [0.25, 0.3) is 0 Å². The molecule has 0 heterocycles. The van der Waals surface area contributed by atoms with Gasteiger partial charge in [0, 0.05) is 18.8 Å². The molecule has 1 unspecified atom stereocenters. The minimum absolute atomic E-state index is 0.0310. The van der Waals surface area contributed by atoms with Gasteiger partial charge in [-0.2, -0.15) is 8.78 Å². The molecule has 1 N–H and O–H groups in total. The van der Waals surface area contributed by atoms with Crippen molar-refractivity contribution in [3.8, 4) is 5.75 Å². The minimum atomic E-state index is -2.97. The predicted octanol–water partition coefficient (Wildman–Crippen LogP) is 5.21. The highest BCUT2D eigenvalue weighted by Crippen LogP contribution is 2.37. The summed E-state index contributed by atoms with van der Waals surface area (Å²) in [5.74, 6) is -0.219. The molecule has 7 heteroatoms. The number of methoxy groups -OCH3 is 1. The van der Waals surface area contributed by atoms with Crippen LogP contribution in [-0.4, -0.2) is 25.4 Å². The second kappa shape index (κ2) is 7.47. The van der Waals surface area contributed by atoms with E-state index < -0.39 is 6.61 Å². The molecular formula is C14H19Cl2F2NO2. The Bertz CT molecular complexity index is 461. The van der Waals surface area contributed by atoms with Crippen molar-refractivity contribution in [3.63, 3.8) is 0 Å². The average Bonchev–Trinajstić information content (AvgIpc) is 2.32. The lowest BCUT2D eigenvalue weighted by atomic mass is 10.00. The van der Waals surface area contributed by atoms with Gasteiger partial charge < -0.3 is 14.8 Å². The number of alkyl halides is 2. The van der Waals surface area contributed by atoms with Crippen LogP contribution >= 0.6 is 23.2 Å². The molecule has 0 aromatic heterocycles. The van der Waals surface area contributed by atoms with Crippen LogP contribution in [0.5, 0.6) is 5.75 Å². The van der Waals surface area contributed by atoms with E-state index in [4.69, 9.17) is 27.9 Å². The Morgan fingerprint density at radius 3 is 2.19 bits per heavy atom. The summed E-state index contributed by atoms with van der Waals surface area (Å²) in [4.78, 5) is 0. The number of hydrogen-bond donors (Lipinski definition) is 1. The Hall–Kier alpha value is -0.780. The van der Waals surface area contributed by atoms with Crippen molar-refractivity contribution in [1.82, 2.24) is 0 Å². The first kappa shape index (κ1) is 18.3. The van der Waals surface area contributed by atoms with Crippen molar-refractivity contribution in [2.75, 3.05) is 12.4 Å². The fourth-order valence-corrected chi connectivity index (χ4v) is 2.58. The molecule has 0 bridgehead atoms. The van der Waals surface area contributed by atoms with Gasteiger partial charge in [-0.15, -0.1) is 0 Å². The van der Waals surface area contributed by atoms with E-state index in [2.05, 4.69) is 10.1 Å². The zero-order valence-electron chi connectivity index (χ0n) is 12.3. The summed E-state index contributed by atoms with van der Waals surface area (Å²) in [7, 11) is 1.65. The molecule has 0 aliphatic rings. The van der Waals surface area contributed by atoms with Crippen molar-refractivity contribution in [2.24, 2.45) is 0 Å². The van der Waals surface area contributed by atoms with E-state index in [1.807, 2.05) is 20.8 Å². The van der Waals surface area contributed by atoms with Crippen LogP contribution in [-0.2, 0) is 4.74 Å². The molecule has 0 amide bonds. The number of rotatable bonds is 7. The molecule has 0 aliphatic carbocycles. The number of anilines is 1. The summed E-state index contributed by atoms with van der Waals surface area (Å²) in [6.07, 6.45) is 0.744. The van der Waals surface area contributed by atoms with Gasteiger partial charge in [0.15, 0.2) is 5.75 Å². The zero-order valence-corrected chi connectivity index (χ0v) is 13.9. The van der Waals surface area contributed by atoms with Gasteiger partial charge >= 0.3 is 6.61 Å². The topological polar surface area (TPSA) is 30.5 Å². The van der Waals surface area contributed by atoms with Gasteiger partial charge in [-0.05, 0) is 39.3 Å². The first-order valence-electron chi connectivity index (χ1n) is 6.40. The summed E-state index contributed by atoms with van der Waals surface area (Å²) in [6.45, 7) is 2.96. The lowest BCUT2D eigenvalue weighted by molar-refractivity contribution is -0.0497. The Balaban J connectivity index is 2.82. The van der Waals surface area contributed by atoms with E-state index in [1.54, 1.807) is 7.11 Å². The Kier molecular flexibility index (Phi) is 6.50. The van der Waals surface area contributed by atoms with Gasteiger partial charge in [-0.3, -0.25) is 0 Å². The van der Waals surface area contributed by atoms with Crippen LogP contribution < -0.4 is 10.1 Å². The van der Waals surface area contributed by atoms with E-state index in [-0.39, 0.29) is 27.4 Å². The highest BCUT2D eigenvalue weighted by molar-refractivity contribution is 6.37. The lowest BCUT2D eigenvalue weighted by Gasteiger charge is -2.27. The summed E-state index contributed by atoms with van der Waals surface area (Å²) in [6, 6.07) is 3.08. The molecule has 0 radical (unpaired) electrons. The molecule has 1 aromatic carbocycles. The van der Waals surface area contributed by atoms with E-state index in [0.29, 0.717) is 5.69 Å². The van der Waals surface area contributed by atoms with Gasteiger partial charge in [-0.25, -0.2) is 0 Å². The normalized spacial score (nSPS) is 13.4. The van der Waals surface area contributed by atoms with E-state index in [1.165, 1.54) is 12.1 Å². The highest BCUT2D eigenvalue weighted by Gasteiger charge is 2.21. The van der Waals surface area contributed by atoms with Gasteiger partial charge in [-0.1, -0.05) is 23.2 Å². The first-order chi connectivity index (χ1) is 9.64. The average molecular weight is 342 g/mol. The quantitative estimate of drug-likeness (QED) is 0.738. The number of nitrogens with one attached hydrogen (secondary N) is 1. The molecule has 0 saturated carbocycles. The summed E-state index contributed by atoms with van der Waals surface area (Å²) < 4.78 is 34.1. The summed E-state index contributed by atoms with van der Waals surface area (Å²) in [5, 5.41) is 3.26. The van der Waals surface area contributed by atoms with Crippen LogP contribution in [0.2, 0.25) is 10.0 Å². The summed E-state index contributed by atoms with van der Waals surface area (Å²) in [5.41, 5.74) is 0.352. The van der Waals surface area contributed by atoms with Crippen molar-refractivity contribution in [1.29, 1.82) is 0 Å².